The molecular formula is C14H18O2. The van der Waals surface area contributed by atoms with Crippen molar-refractivity contribution in [2.24, 2.45) is 0 Å². The van der Waals surface area contributed by atoms with Crippen molar-refractivity contribution in [1.29, 1.82) is 0 Å². The van der Waals surface area contributed by atoms with Gasteiger partial charge in [0.2, 0.25) is 0 Å². The lowest BCUT2D eigenvalue weighted by atomic mass is 10.1. The van der Waals surface area contributed by atoms with E-state index in [1.165, 1.54) is 0 Å². The van der Waals surface area contributed by atoms with Crippen LogP contribution in [0.5, 0.6) is 5.75 Å². The maximum atomic E-state index is 10.8. The molecule has 0 amide bonds. The van der Waals surface area contributed by atoms with E-state index in [4.69, 9.17) is 4.74 Å². The first-order valence-electron chi connectivity index (χ1n) is 5.58. The minimum absolute atomic E-state index is 0.135. The predicted octanol–water partition coefficient (Wildman–Crippen LogP) is 3.47. The number of para-hydroxylation sites is 1. The van der Waals surface area contributed by atoms with Crippen molar-refractivity contribution in [3.8, 4) is 5.75 Å². The van der Waals surface area contributed by atoms with Crippen LogP contribution in [0.15, 0.2) is 29.8 Å². The Balaban J connectivity index is 3.03. The minimum Gasteiger partial charge on any atom is -0.490 e. The Bertz CT molecular complexity index is 378. The SMILES string of the molecule is CCC(C=O)=Cc1ccccc1OC(C)C. The highest BCUT2D eigenvalue weighted by atomic mass is 16.5. The normalized spacial score (nSPS) is 11.6. The number of rotatable bonds is 5. The van der Waals surface area contributed by atoms with Crippen LogP contribution in [0.1, 0.15) is 32.8 Å². The zero-order chi connectivity index (χ0) is 12.0. The van der Waals surface area contributed by atoms with E-state index in [2.05, 4.69) is 0 Å². The van der Waals surface area contributed by atoms with Gasteiger partial charge in [-0.05, 0) is 38.0 Å². The fourth-order valence-corrected chi connectivity index (χ4v) is 1.38. The third kappa shape index (κ3) is 3.54. The number of hydrogen-bond donors (Lipinski definition) is 0. The van der Waals surface area contributed by atoms with Crippen LogP contribution < -0.4 is 4.74 Å². The van der Waals surface area contributed by atoms with Crippen molar-refractivity contribution < 1.29 is 9.53 Å². The van der Waals surface area contributed by atoms with Crippen LogP contribution in [0.25, 0.3) is 6.08 Å². The highest BCUT2D eigenvalue weighted by Gasteiger charge is 2.03. The molecule has 0 aliphatic heterocycles. The molecule has 0 bridgehead atoms. The fourth-order valence-electron chi connectivity index (χ4n) is 1.38. The first-order chi connectivity index (χ1) is 7.67. The standard InChI is InChI=1S/C14H18O2/c1-4-12(10-15)9-13-7-5-6-8-14(13)16-11(2)3/h5-11H,4H2,1-3H3. The van der Waals surface area contributed by atoms with Crippen molar-refractivity contribution >= 4 is 12.4 Å². The van der Waals surface area contributed by atoms with E-state index >= 15 is 0 Å². The van der Waals surface area contributed by atoms with Crippen molar-refractivity contribution in [2.75, 3.05) is 0 Å². The molecule has 0 aromatic heterocycles. The van der Waals surface area contributed by atoms with Gasteiger partial charge < -0.3 is 4.74 Å². The maximum absolute atomic E-state index is 10.8. The average Bonchev–Trinajstić information content (AvgIpc) is 2.27. The number of aldehydes is 1. The van der Waals surface area contributed by atoms with Crippen molar-refractivity contribution in [3.05, 3.63) is 35.4 Å². The van der Waals surface area contributed by atoms with Gasteiger partial charge in [-0.25, -0.2) is 0 Å². The summed E-state index contributed by atoms with van der Waals surface area (Å²) >= 11 is 0. The molecule has 86 valence electrons. The molecule has 1 aromatic carbocycles. The molecule has 2 heteroatoms. The van der Waals surface area contributed by atoms with Gasteiger partial charge in [-0.1, -0.05) is 25.1 Å². The predicted molar refractivity (Wildman–Crippen MR) is 66.5 cm³/mol. The van der Waals surface area contributed by atoms with Crippen molar-refractivity contribution in [3.63, 3.8) is 0 Å². The van der Waals surface area contributed by atoms with Crippen molar-refractivity contribution in [2.45, 2.75) is 33.3 Å². The summed E-state index contributed by atoms with van der Waals surface area (Å²) in [6, 6.07) is 7.75. The maximum Gasteiger partial charge on any atom is 0.146 e. The molecule has 16 heavy (non-hydrogen) atoms. The monoisotopic (exact) mass is 218 g/mol. The second kappa shape index (κ2) is 6.11. The zero-order valence-electron chi connectivity index (χ0n) is 10.1. The van der Waals surface area contributed by atoms with E-state index in [0.717, 1.165) is 29.6 Å². The van der Waals surface area contributed by atoms with Crippen LogP contribution in [0.4, 0.5) is 0 Å². The van der Waals surface area contributed by atoms with E-state index in [1.807, 2.05) is 51.1 Å². The summed E-state index contributed by atoms with van der Waals surface area (Å²) in [6.07, 6.45) is 3.65. The van der Waals surface area contributed by atoms with Crippen LogP contribution in [0.3, 0.4) is 0 Å². The van der Waals surface area contributed by atoms with Gasteiger partial charge in [0.25, 0.3) is 0 Å². The largest absolute Gasteiger partial charge is 0.490 e. The lowest BCUT2D eigenvalue weighted by molar-refractivity contribution is -0.104. The molecule has 0 atom stereocenters. The molecular weight excluding hydrogens is 200 g/mol. The molecule has 0 aliphatic carbocycles. The highest BCUT2D eigenvalue weighted by Crippen LogP contribution is 2.22. The molecule has 0 spiro atoms. The summed E-state index contributed by atoms with van der Waals surface area (Å²) in [5, 5.41) is 0. The number of allylic oxidation sites excluding steroid dienone is 1. The van der Waals surface area contributed by atoms with Crippen LogP contribution in [0, 0.1) is 0 Å². The number of ether oxygens (including phenoxy) is 1. The molecule has 0 aliphatic rings. The molecule has 0 saturated carbocycles. The smallest absolute Gasteiger partial charge is 0.146 e. The number of carbonyl (C=O) groups excluding carboxylic acids is 1. The fraction of sp³-hybridized carbons (Fsp3) is 0.357. The summed E-state index contributed by atoms with van der Waals surface area (Å²) in [7, 11) is 0. The van der Waals surface area contributed by atoms with E-state index in [-0.39, 0.29) is 6.10 Å². The van der Waals surface area contributed by atoms with Crippen LogP contribution in [-0.2, 0) is 4.79 Å². The first kappa shape index (κ1) is 12.5. The van der Waals surface area contributed by atoms with Gasteiger partial charge in [0, 0.05) is 5.56 Å². The van der Waals surface area contributed by atoms with Gasteiger partial charge in [-0.15, -0.1) is 0 Å². The topological polar surface area (TPSA) is 26.3 Å². The van der Waals surface area contributed by atoms with E-state index < -0.39 is 0 Å². The molecule has 1 aromatic rings. The van der Waals surface area contributed by atoms with Crippen LogP contribution in [0.2, 0.25) is 0 Å². The summed E-state index contributed by atoms with van der Waals surface area (Å²) in [4.78, 5) is 10.8. The summed E-state index contributed by atoms with van der Waals surface area (Å²) in [5.41, 5.74) is 1.74. The van der Waals surface area contributed by atoms with E-state index in [1.54, 1.807) is 0 Å². The molecule has 1 rings (SSSR count). The Morgan fingerprint density at radius 2 is 2.06 bits per heavy atom. The van der Waals surface area contributed by atoms with E-state index in [0.29, 0.717) is 0 Å². The Morgan fingerprint density at radius 1 is 1.38 bits per heavy atom. The number of carbonyl (C=O) groups is 1. The van der Waals surface area contributed by atoms with Gasteiger partial charge in [0.05, 0.1) is 6.10 Å². The van der Waals surface area contributed by atoms with E-state index in [9.17, 15) is 4.79 Å². The quantitative estimate of drug-likeness (QED) is 0.558. The first-order valence-corrected chi connectivity index (χ1v) is 5.58. The Morgan fingerprint density at radius 3 is 2.62 bits per heavy atom. The van der Waals surface area contributed by atoms with Gasteiger partial charge in [0.15, 0.2) is 0 Å². The molecule has 2 nitrogen and oxygen atoms in total. The van der Waals surface area contributed by atoms with Gasteiger partial charge in [-0.3, -0.25) is 4.79 Å². The van der Waals surface area contributed by atoms with Crippen molar-refractivity contribution in [1.82, 2.24) is 0 Å². The lowest BCUT2D eigenvalue weighted by Gasteiger charge is -2.12. The third-order valence-electron chi connectivity index (χ3n) is 2.18. The molecule has 0 radical (unpaired) electrons. The number of hydrogen-bond acceptors (Lipinski definition) is 2. The molecule has 0 fully saturated rings. The summed E-state index contributed by atoms with van der Waals surface area (Å²) in [6.45, 7) is 5.94. The lowest BCUT2D eigenvalue weighted by Crippen LogP contribution is -2.06. The van der Waals surface area contributed by atoms with Gasteiger partial charge in [0.1, 0.15) is 12.0 Å². The van der Waals surface area contributed by atoms with Gasteiger partial charge in [-0.2, -0.15) is 0 Å². The molecule has 0 heterocycles. The highest BCUT2D eigenvalue weighted by molar-refractivity contribution is 5.82. The van der Waals surface area contributed by atoms with Crippen LogP contribution in [-0.4, -0.2) is 12.4 Å². The minimum atomic E-state index is 0.135. The Kier molecular flexibility index (Phi) is 4.77. The Hall–Kier alpha value is -1.57. The second-order valence-electron chi connectivity index (χ2n) is 3.90. The average molecular weight is 218 g/mol. The summed E-state index contributed by atoms with van der Waals surface area (Å²) in [5.74, 6) is 0.824. The summed E-state index contributed by atoms with van der Waals surface area (Å²) < 4.78 is 5.67. The number of benzene rings is 1. The van der Waals surface area contributed by atoms with Crippen LogP contribution >= 0.6 is 0 Å². The van der Waals surface area contributed by atoms with Gasteiger partial charge >= 0.3 is 0 Å². The molecule has 0 saturated heterocycles. The second-order valence-corrected chi connectivity index (χ2v) is 3.90. The zero-order valence-corrected chi connectivity index (χ0v) is 10.1. The Labute approximate surface area is 96.9 Å². The molecule has 0 unspecified atom stereocenters. The third-order valence-corrected chi connectivity index (χ3v) is 2.18. The molecule has 0 N–H and O–H groups in total.